The summed E-state index contributed by atoms with van der Waals surface area (Å²) in [5, 5.41) is 4.63. The lowest BCUT2D eigenvalue weighted by Crippen LogP contribution is -2.47. The van der Waals surface area contributed by atoms with E-state index in [1.807, 2.05) is 40.9 Å². The van der Waals surface area contributed by atoms with Crippen LogP contribution in [0.15, 0.2) is 42.5 Å². The van der Waals surface area contributed by atoms with Crippen molar-refractivity contribution in [2.24, 2.45) is 7.05 Å². The van der Waals surface area contributed by atoms with Crippen molar-refractivity contribution < 1.29 is 9.53 Å². The molecule has 6 nitrogen and oxygen atoms in total. The molecule has 1 amide bonds. The first kappa shape index (κ1) is 19.8. The number of rotatable bonds is 3. The molecule has 0 N–H and O–H groups in total. The van der Waals surface area contributed by atoms with E-state index >= 15 is 0 Å². The summed E-state index contributed by atoms with van der Waals surface area (Å²) in [6, 6.07) is 14.5. The van der Waals surface area contributed by atoms with Gasteiger partial charge in [-0.15, -0.1) is 0 Å². The molecule has 1 saturated heterocycles. The number of carbonyl (C=O) groups excluding carboxylic acids is 1. The fourth-order valence-corrected chi connectivity index (χ4v) is 4.68. The summed E-state index contributed by atoms with van der Waals surface area (Å²) >= 11 is 0. The van der Waals surface area contributed by atoms with Gasteiger partial charge < -0.3 is 9.64 Å². The summed E-state index contributed by atoms with van der Waals surface area (Å²) in [5.41, 5.74) is 7.27. The molecule has 31 heavy (non-hydrogen) atoms. The molecule has 2 aliphatic heterocycles. The SMILES string of the molecule is Cc1ccc(C)c(CN2CCCN(C(=O)c3nn(C)c4c3COc3ccccc3-4)C2)c1. The topological polar surface area (TPSA) is 50.6 Å². The van der Waals surface area contributed by atoms with Crippen LogP contribution in [-0.4, -0.2) is 45.2 Å². The number of carbonyl (C=O) groups is 1. The molecule has 6 heteroatoms. The van der Waals surface area contributed by atoms with Crippen molar-refractivity contribution in [2.75, 3.05) is 19.8 Å². The summed E-state index contributed by atoms with van der Waals surface area (Å²) in [5.74, 6) is 0.833. The van der Waals surface area contributed by atoms with Crippen molar-refractivity contribution in [3.63, 3.8) is 0 Å². The molecule has 1 aromatic heterocycles. The Labute approximate surface area is 183 Å². The van der Waals surface area contributed by atoms with Gasteiger partial charge in [-0.1, -0.05) is 35.9 Å². The quantitative estimate of drug-likeness (QED) is 0.650. The lowest BCUT2D eigenvalue weighted by molar-refractivity contribution is 0.0471. The number of fused-ring (bicyclic) bond motifs is 3. The Balaban J connectivity index is 1.38. The van der Waals surface area contributed by atoms with Gasteiger partial charge in [0.2, 0.25) is 0 Å². The predicted molar refractivity (Wildman–Crippen MR) is 120 cm³/mol. The summed E-state index contributed by atoms with van der Waals surface area (Å²) in [6.45, 7) is 7.88. The molecule has 0 saturated carbocycles. The van der Waals surface area contributed by atoms with Crippen LogP contribution in [0.25, 0.3) is 11.3 Å². The van der Waals surface area contributed by atoms with Crippen LogP contribution in [-0.2, 0) is 20.2 Å². The van der Waals surface area contributed by atoms with E-state index in [0.29, 0.717) is 19.0 Å². The van der Waals surface area contributed by atoms with Gasteiger partial charge in [-0.05, 0) is 43.5 Å². The summed E-state index contributed by atoms with van der Waals surface area (Å²) < 4.78 is 7.75. The first-order chi connectivity index (χ1) is 15.0. The third kappa shape index (κ3) is 3.61. The second-order valence-electron chi connectivity index (χ2n) is 8.63. The Morgan fingerprint density at radius 1 is 1.13 bits per heavy atom. The van der Waals surface area contributed by atoms with Crippen molar-refractivity contribution in [2.45, 2.75) is 33.4 Å². The number of aryl methyl sites for hydroxylation is 3. The third-order valence-corrected chi connectivity index (χ3v) is 6.32. The van der Waals surface area contributed by atoms with E-state index in [1.54, 1.807) is 0 Å². The van der Waals surface area contributed by atoms with Crippen molar-refractivity contribution in [1.29, 1.82) is 0 Å². The van der Waals surface area contributed by atoms with Crippen LogP contribution in [0, 0.1) is 13.8 Å². The maximum absolute atomic E-state index is 13.5. The van der Waals surface area contributed by atoms with Gasteiger partial charge in [-0.2, -0.15) is 5.10 Å². The van der Waals surface area contributed by atoms with E-state index in [-0.39, 0.29) is 5.91 Å². The molecule has 160 valence electrons. The van der Waals surface area contributed by atoms with Crippen LogP contribution < -0.4 is 4.74 Å². The molecule has 5 rings (SSSR count). The second kappa shape index (κ2) is 7.85. The molecular weight excluding hydrogens is 388 g/mol. The first-order valence-corrected chi connectivity index (χ1v) is 10.9. The van der Waals surface area contributed by atoms with Crippen molar-refractivity contribution in [3.8, 4) is 17.0 Å². The molecule has 2 aromatic carbocycles. The lowest BCUT2D eigenvalue weighted by Gasteiger charge is -2.35. The van der Waals surface area contributed by atoms with Crippen LogP contribution >= 0.6 is 0 Å². The van der Waals surface area contributed by atoms with E-state index in [1.165, 1.54) is 16.7 Å². The minimum atomic E-state index is -0.00880. The van der Waals surface area contributed by atoms with Crippen molar-refractivity contribution in [1.82, 2.24) is 19.6 Å². The smallest absolute Gasteiger partial charge is 0.275 e. The largest absolute Gasteiger partial charge is 0.488 e. The molecule has 0 bridgehead atoms. The van der Waals surface area contributed by atoms with E-state index in [9.17, 15) is 4.79 Å². The van der Waals surface area contributed by atoms with Crippen LogP contribution in [0.5, 0.6) is 5.75 Å². The van der Waals surface area contributed by atoms with E-state index in [2.05, 4.69) is 42.0 Å². The number of nitrogens with zero attached hydrogens (tertiary/aromatic N) is 4. The zero-order chi connectivity index (χ0) is 21.5. The van der Waals surface area contributed by atoms with E-state index < -0.39 is 0 Å². The van der Waals surface area contributed by atoms with Gasteiger partial charge in [0.15, 0.2) is 5.69 Å². The zero-order valence-corrected chi connectivity index (χ0v) is 18.4. The number of benzene rings is 2. The van der Waals surface area contributed by atoms with E-state index in [4.69, 9.17) is 4.74 Å². The van der Waals surface area contributed by atoms with Gasteiger partial charge in [0.05, 0.1) is 12.4 Å². The highest BCUT2D eigenvalue weighted by atomic mass is 16.5. The number of para-hydroxylation sites is 1. The molecule has 0 spiro atoms. The van der Waals surface area contributed by atoms with Gasteiger partial charge in [0.1, 0.15) is 12.4 Å². The molecule has 0 unspecified atom stereocenters. The highest BCUT2D eigenvalue weighted by Crippen LogP contribution is 2.38. The molecule has 0 aliphatic carbocycles. The Kier molecular flexibility index (Phi) is 5.02. The van der Waals surface area contributed by atoms with Gasteiger partial charge in [0, 0.05) is 37.8 Å². The summed E-state index contributed by atoms with van der Waals surface area (Å²) in [4.78, 5) is 17.8. The maximum Gasteiger partial charge on any atom is 0.275 e. The van der Waals surface area contributed by atoms with Crippen LogP contribution in [0.1, 0.15) is 39.2 Å². The first-order valence-electron chi connectivity index (χ1n) is 10.9. The fraction of sp³-hybridized carbons (Fsp3) is 0.360. The Hall–Kier alpha value is -3.12. The lowest BCUT2D eigenvalue weighted by atomic mass is 10.0. The summed E-state index contributed by atoms with van der Waals surface area (Å²) in [7, 11) is 1.90. The standard InChI is InChI=1S/C25H28N4O2/c1-17-9-10-18(2)19(13-17)14-28-11-6-12-29(16-28)25(30)23-21-15-31-22-8-5-4-7-20(22)24(21)27(3)26-23/h4-5,7-10,13H,6,11-12,14-16H2,1-3H3. The molecular formula is C25H28N4O2. The fourth-order valence-electron chi connectivity index (χ4n) is 4.68. The maximum atomic E-state index is 13.5. The predicted octanol–water partition coefficient (Wildman–Crippen LogP) is 3.90. The number of amides is 1. The van der Waals surface area contributed by atoms with Crippen molar-refractivity contribution in [3.05, 3.63) is 70.4 Å². The number of hydrogen-bond donors (Lipinski definition) is 0. The van der Waals surface area contributed by atoms with Gasteiger partial charge >= 0.3 is 0 Å². The normalized spacial score (nSPS) is 15.9. The Morgan fingerprint density at radius 2 is 1.97 bits per heavy atom. The third-order valence-electron chi connectivity index (χ3n) is 6.32. The van der Waals surface area contributed by atoms with E-state index in [0.717, 1.165) is 48.6 Å². The molecule has 3 aromatic rings. The number of ether oxygens (including phenoxy) is 1. The average Bonchev–Trinajstić information content (AvgIpc) is 3.13. The van der Waals surface area contributed by atoms with Gasteiger partial charge in [0.25, 0.3) is 5.91 Å². The molecule has 1 fully saturated rings. The number of hydrogen-bond acceptors (Lipinski definition) is 4. The monoisotopic (exact) mass is 416 g/mol. The number of aromatic nitrogens is 2. The molecule has 3 heterocycles. The minimum Gasteiger partial charge on any atom is -0.488 e. The average molecular weight is 417 g/mol. The highest BCUT2D eigenvalue weighted by molar-refractivity contribution is 5.96. The highest BCUT2D eigenvalue weighted by Gasteiger charge is 2.32. The van der Waals surface area contributed by atoms with Crippen LogP contribution in [0.4, 0.5) is 0 Å². The second-order valence-corrected chi connectivity index (χ2v) is 8.63. The molecule has 0 atom stereocenters. The summed E-state index contributed by atoms with van der Waals surface area (Å²) in [6.07, 6.45) is 0.963. The minimum absolute atomic E-state index is 0.00880. The van der Waals surface area contributed by atoms with Gasteiger partial charge in [-0.25, -0.2) is 0 Å². The van der Waals surface area contributed by atoms with Crippen molar-refractivity contribution >= 4 is 5.91 Å². The molecule has 2 aliphatic rings. The van der Waals surface area contributed by atoms with Crippen LogP contribution in [0.2, 0.25) is 0 Å². The van der Waals surface area contributed by atoms with Gasteiger partial charge in [-0.3, -0.25) is 14.4 Å². The Bertz CT molecular complexity index is 1150. The molecule has 0 radical (unpaired) electrons. The Morgan fingerprint density at radius 3 is 2.84 bits per heavy atom. The zero-order valence-electron chi connectivity index (χ0n) is 18.4. The van der Waals surface area contributed by atoms with Crippen LogP contribution in [0.3, 0.4) is 0 Å².